The van der Waals surface area contributed by atoms with Gasteiger partial charge in [0.15, 0.2) is 11.6 Å². The fourth-order valence-corrected chi connectivity index (χ4v) is 6.74. The van der Waals surface area contributed by atoms with E-state index in [0.717, 1.165) is 38.5 Å². The summed E-state index contributed by atoms with van der Waals surface area (Å²) in [7, 11) is 2.17. The second-order valence-electron chi connectivity index (χ2n) is 11.3. The van der Waals surface area contributed by atoms with Crippen LogP contribution in [0, 0.1) is 11.8 Å². The molecule has 2 aromatic heterocycles. The predicted octanol–water partition coefficient (Wildman–Crippen LogP) is 3.52. The number of ether oxygens (including phenoxy) is 2. The average Bonchev–Trinajstić information content (AvgIpc) is 3.12. The third kappa shape index (κ3) is 4.24. The summed E-state index contributed by atoms with van der Waals surface area (Å²) in [4.78, 5) is 8.87. The SMILES string of the molecule is CC(C)n1nc(-c2cnc(N)c(OC(F)(F)F)c2)cc1[C@H]1[C@@H]2CC(N3CC4(CN(C)CCO4)C3)C[C@@H]21. The zero-order valence-corrected chi connectivity index (χ0v) is 20.8. The molecule has 2 saturated carbocycles. The summed E-state index contributed by atoms with van der Waals surface area (Å²) in [6.45, 7) is 9.02. The van der Waals surface area contributed by atoms with Crippen LogP contribution >= 0.6 is 0 Å². The van der Waals surface area contributed by atoms with E-state index in [1.165, 1.54) is 25.1 Å². The van der Waals surface area contributed by atoms with E-state index in [-0.39, 0.29) is 17.5 Å². The van der Waals surface area contributed by atoms with Crippen LogP contribution in [0.15, 0.2) is 18.3 Å². The Labute approximate surface area is 208 Å². The molecular formula is C25H33F3N6O2. The van der Waals surface area contributed by atoms with Gasteiger partial charge in [0, 0.05) is 61.6 Å². The van der Waals surface area contributed by atoms with Crippen molar-refractivity contribution in [3.63, 3.8) is 0 Å². The number of anilines is 1. The number of hydrogen-bond acceptors (Lipinski definition) is 7. The number of nitrogens with two attached hydrogens (primary N) is 1. The largest absolute Gasteiger partial charge is 0.573 e. The zero-order valence-electron chi connectivity index (χ0n) is 20.8. The molecule has 0 bridgehead atoms. The van der Waals surface area contributed by atoms with Gasteiger partial charge in [0.05, 0.1) is 12.3 Å². The lowest BCUT2D eigenvalue weighted by Crippen LogP contribution is -2.71. The van der Waals surface area contributed by atoms with Gasteiger partial charge < -0.3 is 20.1 Å². The van der Waals surface area contributed by atoms with E-state index in [4.69, 9.17) is 15.6 Å². The first-order valence-electron chi connectivity index (χ1n) is 12.7. The molecule has 4 fully saturated rings. The molecule has 0 amide bonds. The molecule has 2 saturated heterocycles. The number of morpholine rings is 1. The lowest BCUT2D eigenvalue weighted by atomic mass is 9.88. The normalized spacial score (nSPS) is 30.0. The van der Waals surface area contributed by atoms with Crippen molar-refractivity contribution in [1.29, 1.82) is 0 Å². The molecule has 2 aliphatic carbocycles. The van der Waals surface area contributed by atoms with E-state index in [0.29, 0.717) is 35.1 Å². The van der Waals surface area contributed by atoms with Gasteiger partial charge in [-0.05, 0) is 57.7 Å². The molecule has 1 unspecified atom stereocenters. The van der Waals surface area contributed by atoms with Crippen molar-refractivity contribution >= 4 is 5.82 Å². The lowest BCUT2D eigenvalue weighted by Gasteiger charge is -2.55. The Bertz CT molecular complexity index is 1130. The van der Waals surface area contributed by atoms with Crippen LogP contribution in [0.1, 0.15) is 44.3 Å². The topological polar surface area (TPSA) is 81.7 Å². The highest BCUT2D eigenvalue weighted by Gasteiger charge is 2.61. The van der Waals surface area contributed by atoms with Crippen LogP contribution in [0.2, 0.25) is 0 Å². The molecule has 4 aliphatic rings. The van der Waals surface area contributed by atoms with E-state index in [1.807, 2.05) is 10.7 Å². The Kier molecular flexibility index (Phi) is 5.55. The monoisotopic (exact) mass is 506 g/mol. The molecule has 0 aromatic carbocycles. The number of alkyl halides is 3. The van der Waals surface area contributed by atoms with E-state index in [2.05, 4.69) is 40.4 Å². The van der Waals surface area contributed by atoms with Crippen molar-refractivity contribution in [2.24, 2.45) is 11.8 Å². The van der Waals surface area contributed by atoms with Crippen LogP contribution in [0.25, 0.3) is 11.3 Å². The third-order valence-corrected chi connectivity index (χ3v) is 8.36. The summed E-state index contributed by atoms with van der Waals surface area (Å²) in [5.41, 5.74) is 7.82. The molecule has 0 radical (unpaired) electrons. The minimum Gasteiger partial charge on any atom is -0.402 e. The number of nitrogen functional groups attached to an aromatic ring is 1. The van der Waals surface area contributed by atoms with E-state index in [1.54, 1.807) is 0 Å². The second kappa shape index (κ2) is 8.32. The number of aromatic nitrogens is 3. The molecule has 1 spiro atoms. The summed E-state index contributed by atoms with van der Waals surface area (Å²) in [6.07, 6.45) is -1.04. The quantitative estimate of drug-likeness (QED) is 0.665. The molecule has 4 atom stereocenters. The van der Waals surface area contributed by atoms with E-state index >= 15 is 0 Å². The molecule has 2 aromatic rings. The minimum absolute atomic E-state index is 0.0200. The number of likely N-dealkylation sites (N-methyl/N-ethyl adjacent to an activating group) is 1. The maximum Gasteiger partial charge on any atom is 0.573 e. The van der Waals surface area contributed by atoms with Gasteiger partial charge in [-0.3, -0.25) is 9.58 Å². The summed E-state index contributed by atoms with van der Waals surface area (Å²) in [5.74, 6) is 0.868. The van der Waals surface area contributed by atoms with Crippen molar-refractivity contribution in [2.75, 3.05) is 45.6 Å². The molecular weight excluding hydrogens is 473 g/mol. The Morgan fingerprint density at radius 2 is 1.89 bits per heavy atom. The fraction of sp³-hybridized carbons (Fsp3) is 0.680. The molecule has 8 nitrogen and oxygen atoms in total. The van der Waals surface area contributed by atoms with Crippen LogP contribution in [0.4, 0.5) is 19.0 Å². The van der Waals surface area contributed by atoms with Gasteiger partial charge in [-0.25, -0.2) is 4.98 Å². The number of rotatable bonds is 5. The van der Waals surface area contributed by atoms with Gasteiger partial charge in [-0.15, -0.1) is 13.2 Å². The van der Waals surface area contributed by atoms with Gasteiger partial charge in [0.25, 0.3) is 0 Å². The number of fused-ring (bicyclic) bond motifs is 1. The van der Waals surface area contributed by atoms with Crippen LogP contribution in [-0.2, 0) is 4.74 Å². The maximum atomic E-state index is 12.8. The van der Waals surface area contributed by atoms with Crippen molar-refractivity contribution in [2.45, 2.75) is 56.7 Å². The van der Waals surface area contributed by atoms with Gasteiger partial charge in [-0.2, -0.15) is 5.10 Å². The highest BCUT2D eigenvalue weighted by molar-refractivity contribution is 5.64. The molecule has 2 N–H and O–H groups in total. The highest BCUT2D eigenvalue weighted by atomic mass is 19.4. The molecule has 6 rings (SSSR count). The summed E-state index contributed by atoms with van der Waals surface area (Å²) >= 11 is 0. The van der Waals surface area contributed by atoms with Crippen molar-refractivity contribution in [1.82, 2.24) is 24.6 Å². The standard InChI is InChI=1S/C25H33F3N6O2/c1-14(2)34-20(9-19(31-34)15-6-21(23(29)30-10-15)36-25(26,27)28)22-17-7-16(8-18(17)22)33-12-24(13-33)11-32(3)4-5-35-24/h6,9-10,14,16-18,22H,4-5,7-8,11-13H2,1-3H3,(H2,29,30)/t16?,17-,18+,22+. The van der Waals surface area contributed by atoms with Crippen LogP contribution < -0.4 is 10.5 Å². The first-order chi connectivity index (χ1) is 17.0. The summed E-state index contributed by atoms with van der Waals surface area (Å²) < 4.78 is 50.5. The lowest BCUT2D eigenvalue weighted by molar-refractivity contribution is -0.274. The van der Waals surface area contributed by atoms with Gasteiger partial charge in [0.2, 0.25) is 0 Å². The van der Waals surface area contributed by atoms with Crippen molar-refractivity contribution in [3.05, 3.63) is 24.0 Å². The predicted molar refractivity (Wildman–Crippen MR) is 127 cm³/mol. The third-order valence-electron chi connectivity index (χ3n) is 8.36. The first-order valence-corrected chi connectivity index (χ1v) is 12.7. The Morgan fingerprint density at radius 3 is 2.53 bits per heavy atom. The number of halogens is 3. The first kappa shape index (κ1) is 24.0. The Morgan fingerprint density at radius 1 is 1.17 bits per heavy atom. The minimum atomic E-state index is -4.84. The van der Waals surface area contributed by atoms with E-state index < -0.39 is 12.1 Å². The van der Waals surface area contributed by atoms with Gasteiger partial charge in [-0.1, -0.05) is 0 Å². The molecule has 11 heteroatoms. The number of pyridine rings is 1. The number of hydrogen-bond donors (Lipinski definition) is 1. The van der Waals surface area contributed by atoms with Crippen LogP contribution in [0.5, 0.6) is 5.75 Å². The molecule has 36 heavy (non-hydrogen) atoms. The molecule has 4 heterocycles. The van der Waals surface area contributed by atoms with Crippen LogP contribution in [0.3, 0.4) is 0 Å². The molecule has 2 aliphatic heterocycles. The average molecular weight is 507 g/mol. The Hall–Kier alpha value is -2.37. The zero-order chi connectivity index (χ0) is 25.4. The van der Waals surface area contributed by atoms with Crippen LogP contribution in [-0.4, -0.2) is 82.4 Å². The summed E-state index contributed by atoms with van der Waals surface area (Å²) in [5, 5.41) is 4.75. The van der Waals surface area contributed by atoms with Gasteiger partial charge >= 0.3 is 6.36 Å². The van der Waals surface area contributed by atoms with Crippen molar-refractivity contribution in [3.8, 4) is 17.0 Å². The second-order valence-corrected chi connectivity index (χ2v) is 11.3. The highest BCUT2D eigenvalue weighted by Crippen LogP contribution is 2.64. The van der Waals surface area contributed by atoms with Crippen molar-refractivity contribution < 1.29 is 22.6 Å². The number of nitrogens with zero attached hydrogens (tertiary/aromatic N) is 5. The van der Waals surface area contributed by atoms with E-state index in [9.17, 15) is 13.2 Å². The molecule has 196 valence electrons. The summed E-state index contributed by atoms with van der Waals surface area (Å²) in [6, 6.07) is 4.01. The Balaban J connectivity index is 1.15. The maximum absolute atomic E-state index is 12.8. The van der Waals surface area contributed by atoms with Gasteiger partial charge in [0.1, 0.15) is 5.60 Å². The number of likely N-dealkylation sites (tertiary alicyclic amines) is 1. The smallest absolute Gasteiger partial charge is 0.402 e. The fourth-order valence-electron chi connectivity index (χ4n) is 6.74.